The number of carbonyl (C=O) groups is 1. The van der Waals surface area contributed by atoms with Gasteiger partial charge in [-0.2, -0.15) is 0 Å². The summed E-state index contributed by atoms with van der Waals surface area (Å²) in [5.74, 6) is -0.392. The summed E-state index contributed by atoms with van der Waals surface area (Å²) in [6.45, 7) is 3.75. The van der Waals surface area contributed by atoms with Gasteiger partial charge in [-0.05, 0) is 51.6 Å². The van der Waals surface area contributed by atoms with Crippen LogP contribution in [0, 0.1) is 11.8 Å². The maximum absolute atomic E-state index is 10.9. The van der Waals surface area contributed by atoms with E-state index in [1.165, 1.54) is 0 Å². The number of aliphatic hydroxyl groups is 1. The maximum Gasteiger partial charge on any atom is 0.308 e. The van der Waals surface area contributed by atoms with Crippen LogP contribution in [0.3, 0.4) is 0 Å². The molecule has 4 heteroatoms. The molecule has 0 spiro atoms. The number of carboxylic acids is 1. The quantitative estimate of drug-likeness (QED) is 0.753. The van der Waals surface area contributed by atoms with Crippen molar-refractivity contribution < 1.29 is 15.0 Å². The third-order valence-corrected chi connectivity index (χ3v) is 4.28. The molecule has 16 heavy (non-hydrogen) atoms. The molecule has 1 saturated heterocycles. The van der Waals surface area contributed by atoms with Gasteiger partial charge in [0, 0.05) is 6.04 Å². The standard InChI is InChI=1S/C12H21NO3/c1-8(14)9-4-6-13(7-5-9)11-3-2-10(11)12(15)16/h8-11,14H,2-7H2,1H3,(H,15,16). The van der Waals surface area contributed by atoms with Gasteiger partial charge in [0.25, 0.3) is 0 Å². The van der Waals surface area contributed by atoms with E-state index in [1.54, 1.807) is 0 Å². The zero-order valence-corrected chi connectivity index (χ0v) is 9.80. The van der Waals surface area contributed by atoms with Crippen LogP contribution in [-0.4, -0.2) is 46.3 Å². The molecule has 2 fully saturated rings. The second kappa shape index (κ2) is 4.72. The molecule has 1 saturated carbocycles. The summed E-state index contributed by atoms with van der Waals surface area (Å²) < 4.78 is 0. The average Bonchev–Trinajstić information content (AvgIpc) is 2.15. The Balaban J connectivity index is 1.83. The molecule has 3 unspecified atom stereocenters. The number of aliphatic carboxylic acids is 1. The van der Waals surface area contributed by atoms with Gasteiger partial charge in [-0.15, -0.1) is 0 Å². The van der Waals surface area contributed by atoms with Gasteiger partial charge in [0.1, 0.15) is 0 Å². The Morgan fingerprint density at radius 2 is 1.88 bits per heavy atom. The Morgan fingerprint density at radius 3 is 2.25 bits per heavy atom. The van der Waals surface area contributed by atoms with Crippen molar-refractivity contribution in [3.8, 4) is 0 Å². The molecule has 2 rings (SSSR count). The van der Waals surface area contributed by atoms with Crippen LogP contribution < -0.4 is 0 Å². The van der Waals surface area contributed by atoms with Gasteiger partial charge in [-0.25, -0.2) is 0 Å². The van der Waals surface area contributed by atoms with E-state index in [0.717, 1.165) is 38.8 Å². The molecule has 92 valence electrons. The van der Waals surface area contributed by atoms with Crippen LogP contribution in [-0.2, 0) is 4.79 Å². The molecule has 0 radical (unpaired) electrons. The van der Waals surface area contributed by atoms with Gasteiger partial charge in [-0.1, -0.05) is 0 Å². The lowest BCUT2D eigenvalue weighted by Gasteiger charge is -2.45. The summed E-state index contributed by atoms with van der Waals surface area (Å²) in [5, 5.41) is 18.5. The van der Waals surface area contributed by atoms with Gasteiger partial charge < -0.3 is 10.2 Å². The van der Waals surface area contributed by atoms with Crippen molar-refractivity contribution >= 4 is 5.97 Å². The largest absolute Gasteiger partial charge is 0.481 e. The molecule has 2 N–H and O–H groups in total. The van der Waals surface area contributed by atoms with Crippen LogP contribution in [0.4, 0.5) is 0 Å². The molecule has 1 heterocycles. The SMILES string of the molecule is CC(O)C1CCN(C2CCC2C(=O)O)CC1. The van der Waals surface area contributed by atoms with E-state index in [4.69, 9.17) is 5.11 Å². The second-order valence-electron chi connectivity index (χ2n) is 5.20. The molecule has 4 nitrogen and oxygen atoms in total. The molecule has 2 aliphatic rings. The van der Waals surface area contributed by atoms with Crippen molar-refractivity contribution in [3.63, 3.8) is 0 Å². The topological polar surface area (TPSA) is 60.8 Å². The first kappa shape index (κ1) is 11.9. The number of nitrogens with zero attached hydrogens (tertiary/aromatic N) is 1. The zero-order chi connectivity index (χ0) is 11.7. The summed E-state index contributed by atoms with van der Waals surface area (Å²) in [4.78, 5) is 13.2. The Hall–Kier alpha value is -0.610. The van der Waals surface area contributed by atoms with Crippen LogP contribution in [0.5, 0.6) is 0 Å². The van der Waals surface area contributed by atoms with Gasteiger partial charge in [0.15, 0.2) is 0 Å². The highest BCUT2D eigenvalue weighted by molar-refractivity contribution is 5.72. The highest BCUT2D eigenvalue weighted by atomic mass is 16.4. The van der Waals surface area contributed by atoms with E-state index in [0.29, 0.717) is 5.92 Å². The lowest BCUT2D eigenvalue weighted by Crippen LogP contribution is -2.53. The van der Waals surface area contributed by atoms with Gasteiger partial charge >= 0.3 is 5.97 Å². The predicted molar refractivity (Wildman–Crippen MR) is 60.1 cm³/mol. The number of hydrogen-bond acceptors (Lipinski definition) is 3. The van der Waals surface area contributed by atoms with Gasteiger partial charge in [-0.3, -0.25) is 9.69 Å². The van der Waals surface area contributed by atoms with E-state index in [1.807, 2.05) is 6.92 Å². The Bertz CT molecular complexity index is 259. The summed E-state index contributed by atoms with van der Waals surface area (Å²) in [6, 6.07) is 0.257. The summed E-state index contributed by atoms with van der Waals surface area (Å²) >= 11 is 0. The lowest BCUT2D eigenvalue weighted by atomic mass is 9.77. The van der Waals surface area contributed by atoms with E-state index in [9.17, 15) is 9.90 Å². The number of piperidine rings is 1. The van der Waals surface area contributed by atoms with Crippen LogP contribution in [0.2, 0.25) is 0 Å². The summed E-state index contributed by atoms with van der Waals surface area (Å²) in [5.41, 5.74) is 0. The number of aliphatic hydroxyl groups excluding tert-OH is 1. The molecule has 1 aliphatic carbocycles. The van der Waals surface area contributed by atoms with E-state index in [-0.39, 0.29) is 18.1 Å². The van der Waals surface area contributed by atoms with Crippen molar-refractivity contribution in [2.24, 2.45) is 11.8 Å². The van der Waals surface area contributed by atoms with Crippen molar-refractivity contribution in [2.45, 2.75) is 44.8 Å². The first-order chi connectivity index (χ1) is 7.59. The highest BCUT2D eigenvalue weighted by Crippen LogP contribution is 2.35. The lowest BCUT2D eigenvalue weighted by molar-refractivity contribution is -0.149. The Labute approximate surface area is 96.3 Å². The monoisotopic (exact) mass is 227 g/mol. The second-order valence-corrected chi connectivity index (χ2v) is 5.20. The third-order valence-electron chi connectivity index (χ3n) is 4.28. The predicted octanol–water partition coefficient (Wildman–Crippen LogP) is 0.942. The fraction of sp³-hybridized carbons (Fsp3) is 0.917. The third kappa shape index (κ3) is 2.23. The van der Waals surface area contributed by atoms with Crippen molar-refractivity contribution in [1.29, 1.82) is 0 Å². The summed E-state index contributed by atoms with van der Waals surface area (Å²) in [7, 11) is 0. The molecule has 0 aromatic rings. The minimum Gasteiger partial charge on any atom is -0.481 e. The smallest absolute Gasteiger partial charge is 0.308 e. The number of likely N-dealkylation sites (tertiary alicyclic amines) is 1. The first-order valence-electron chi connectivity index (χ1n) is 6.24. The van der Waals surface area contributed by atoms with E-state index in [2.05, 4.69) is 4.90 Å². The van der Waals surface area contributed by atoms with Gasteiger partial charge in [0.05, 0.1) is 12.0 Å². The van der Waals surface area contributed by atoms with Crippen LogP contribution in [0.1, 0.15) is 32.6 Å². The normalized spacial score (nSPS) is 34.4. The minimum atomic E-state index is -0.645. The minimum absolute atomic E-state index is 0.150. The summed E-state index contributed by atoms with van der Waals surface area (Å²) in [6.07, 6.45) is 3.63. The zero-order valence-electron chi connectivity index (χ0n) is 9.80. The fourth-order valence-electron chi connectivity index (χ4n) is 2.94. The Morgan fingerprint density at radius 1 is 1.25 bits per heavy atom. The molecule has 0 aromatic heterocycles. The molecular formula is C12H21NO3. The maximum atomic E-state index is 10.9. The van der Waals surface area contributed by atoms with Crippen LogP contribution in [0.25, 0.3) is 0 Å². The fourth-order valence-corrected chi connectivity index (χ4v) is 2.94. The van der Waals surface area contributed by atoms with Crippen molar-refractivity contribution in [2.75, 3.05) is 13.1 Å². The van der Waals surface area contributed by atoms with Crippen molar-refractivity contribution in [3.05, 3.63) is 0 Å². The molecule has 1 aliphatic heterocycles. The van der Waals surface area contributed by atoms with Crippen molar-refractivity contribution in [1.82, 2.24) is 4.90 Å². The number of hydrogen-bond donors (Lipinski definition) is 2. The van der Waals surface area contributed by atoms with Crippen LogP contribution >= 0.6 is 0 Å². The average molecular weight is 227 g/mol. The molecule has 0 bridgehead atoms. The van der Waals surface area contributed by atoms with Crippen LogP contribution in [0.15, 0.2) is 0 Å². The Kier molecular flexibility index (Phi) is 3.50. The molecule has 0 aromatic carbocycles. The van der Waals surface area contributed by atoms with E-state index >= 15 is 0 Å². The van der Waals surface area contributed by atoms with Gasteiger partial charge in [0.2, 0.25) is 0 Å². The number of rotatable bonds is 3. The van der Waals surface area contributed by atoms with E-state index < -0.39 is 5.97 Å². The number of carboxylic acid groups (broad SMARTS) is 1. The first-order valence-corrected chi connectivity index (χ1v) is 6.24. The highest BCUT2D eigenvalue weighted by Gasteiger charge is 2.41. The molecule has 3 atom stereocenters. The molecule has 0 amide bonds. The molecular weight excluding hydrogens is 206 g/mol.